The van der Waals surface area contributed by atoms with Crippen molar-refractivity contribution in [1.82, 2.24) is 0 Å². The van der Waals surface area contributed by atoms with Crippen LogP contribution in [0.15, 0.2) is 48.5 Å². The maximum absolute atomic E-state index is 12.2. The summed E-state index contributed by atoms with van der Waals surface area (Å²) < 4.78 is 10.5. The van der Waals surface area contributed by atoms with E-state index in [0.717, 1.165) is 17.7 Å². The number of ether oxygens (including phenoxy) is 2. The predicted octanol–water partition coefficient (Wildman–Crippen LogP) is 4.22. The Morgan fingerprint density at radius 2 is 1.81 bits per heavy atom. The number of nitrogens with one attached hydrogen (secondary N) is 1. The van der Waals surface area contributed by atoms with Gasteiger partial charge in [-0.05, 0) is 55.7 Å². The highest BCUT2D eigenvalue weighted by molar-refractivity contribution is 5.94. The molecule has 0 saturated carbocycles. The molecule has 0 fully saturated rings. The Labute approximate surface area is 154 Å². The molecule has 0 bridgehead atoms. The predicted molar refractivity (Wildman–Crippen MR) is 102 cm³/mol. The molecular weight excluding hydrogens is 330 g/mol. The van der Waals surface area contributed by atoms with Crippen LogP contribution in [0, 0.1) is 0 Å². The molecule has 0 aliphatic heterocycles. The minimum absolute atomic E-state index is 0.0991. The first-order valence-corrected chi connectivity index (χ1v) is 8.91. The third-order valence-electron chi connectivity index (χ3n) is 3.69. The molecule has 2 aromatic rings. The van der Waals surface area contributed by atoms with Gasteiger partial charge in [0.05, 0.1) is 18.8 Å². The van der Waals surface area contributed by atoms with E-state index in [1.54, 1.807) is 24.3 Å². The van der Waals surface area contributed by atoms with Gasteiger partial charge in [0.25, 0.3) is 0 Å². The van der Waals surface area contributed by atoms with Crippen molar-refractivity contribution in [3.05, 3.63) is 59.7 Å². The van der Waals surface area contributed by atoms with Crippen molar-refractivity contribution < 1.29 is 19.1 Å². The van der Waals surface area contributed by atoms with Crippen LogP contribution in [0.5, 0.6) is 5.75 Å². The second-order valence-electron chi connectivity index (χ2n) is 5.84. The molecule has 0 saturated heterocycles. The van der Waals surface area contributed by atoms with Gasteiger partial charge in [-0.3, -0.25) is 4.79 Å². The molecule has 0 spiro atoms. The number of carbonyl (C=O) groups excluding carboxylic acids is 2. The van der Waals surface area contributed by atoms with E-state index in [0.29, 0.717) is 37.3 Å². The summed E-state index contributed by atoms with van der Waals surface area (Å²) in [6, 6.07) is 14.5. The van der Waals surface area contributed by atoms with Crippen molar-refractivity contribution in [3.8, 4) is 5.75 Å². The van der Waals surface area contributed by atoms with E-state index >= 15 is 0 Å². The summed E-state index contributed by atoms with van der Waals surface area (Å²) in [5.41, 5.74) is 2.09. The third-order valence-corrected chi connectivity index (χ3v) is 3.69. The van der Waals surface area contributed by atoms with Gasteiger partial charge in [0.2, 0.25) is 5.91 Å². The van der Waals surface area contributed by atoms with Gasteiger partial charge in [-0.1, -0.05) is 25.1 Å². The van der Waals surface area contributed by atoms with E-state index in [1.165, 1.54) is 0 Å². The van der Waals surface area contributed by atoms with Crippen molar-refractivity contribution in [3.63, 3.8) is 0 Å². The monoisotopic (exact) mass is 355 g/mol. The van der Waals surface area contributed by atoms with Crippen molar-refractivity contribution >= 4 is 17.6 Å². The highest BCUT2D eigenvalue weighted by Crippen LogP contribution is 2.15. The van der Waals surface area contributed by atoms with Crippen LogP contribution < -0.4 is 10.1 Å². The SMILES string of the molecule is CCCOC(=O)c1cccc(NC(=O)CCc2ccc(OCC)cc2)c1. The fourth-order valence-electron chi connectivity index (χ4n) is 2.40. The maximum atomic E-state index is 12.2. The number of carbonyl (C=O) groups is 2. The molecule has 0 atom stereocenters. The molecule has 1 N–H and O–H groups in total. The van der Waals surface area contributed by atoms with E-state index in [9.17, 15) is 9.59 Å². The van der Waals surface area contributed by atoms with Gasteiger partial charge in [0, 0.05) is 12.1 Å². The van der Waals surface area contributed by atoms with Crippen LogP contribution in [0.4, 0.5) is 5.69 Å². The van der Waals surface area contributed by atoms with Crippen LogP contribution >= 0.6 is 0 Å². The Hall–Kier alpha value is -2.82. The number of hydrogen-bond donors (Lipinski definition) is 1. The second kappa shape index (κ2) is 10.2. The summed E-state index contributed by atoms with van der Waals surface area (Å²) in [5, 5.41) is 2.82. The normalized spacial score (nSPS) is 10.2. The lowest BCUT2D eigenvalue weighted by Crippen LogP contribution is -2.13. The summed E-state index contributed by atoms with van der Waals surface area (Å²) in [7, 11) is 0. The molecule has 1 amide bonds. The smallest absolute Gasteiger partial charge is 0.338 e. The van der Waals surface area contributed by atoms with E-state index in [-0.39, 0.29) is 11.9 Å². The van der Waals surface area contributed by atoms with Crippen LogP contribution in [0.25, 0.3) is 0 Å². The zero-order chi connectivity index (χ0) is 18.8. The van der Waals surface area contributed by atoms with Crippen LogP contribution in [0.3, 0.4) is 0 Å². The fourth-order valence-corrected chi connectivity index (χ4v) is 2.40. The average Bonchev–Trinajstić information content (AvgIpc) is 2.66. The summed E-state index contributed by atoms with van der Waals surface area (Å²) in [5.74, 6) is 0.350. The Bertz CT molecular complexity index is 725. The first-order chi connectivity index (χ1) is 12.6. The zero-order valence-electron chi connectivity index (χ0n) is 15.3. The third kappa shape index (κ3) is 6.24. The van der Waals surface area contributed by atoms with E-state index in [2.05, 4.69) is 5.32 Å². The van der Waals surface area contributed by atoms with E-state index in [4.69, 9.17) is 9.47 Å². The molecule has 0 unspecified atom stereocenters. The summed E-state index contributed by atoms with van der Waals surface area (Å²) in [6.07, 6.45) is 1.77. The molecular formula is C21H25NO4. The summed E-state index contributed by atoms with van der Waals surface area (Å²) >= 11 is 0. The van der Waals surface area contributed by atoms with Gasteiger partial charge in [-0.2, -0.15) is 0 Å². The van der Waals surface area contributed by atoms with Crippen LogP contribution in [-0.4, -0.2) is 25.1 Å². The fraction of sp³-hybridized carbons (Fsp3) is 0.333. The Kier molecular flexibility index (Phi) is 7.68. The summed E-state index contributed by atoms with van der Waals surface area (Å²) in [6.45, 7) is 4.90. The molecule has 26 heavy (non-hydrogen) atoms. The van der Waals surface area contributed by atoms with Gasteiger partial charge in [0.1, 0.15) is 5.75 Å². The van der Waals surface area contributed by atoms with Gasteiger partial charge < -0.3 is 14.8 Å². The number of amides is 1. The highest BCUT2D eigenvalue weighted by atomic mass is 16.5. The molecule has 2 rings (SSSR count). The molecule has 0 heterocycles. The Morgan fingerprint density at radius 1 is 1.04 bits per heavy atom. The Morgan fingerprint density at radius 3 is 2.50 bits per heavy atom. The number of benzene rings is 2. The standard InChI is InChI=1S/C21H25NO4/c1-3-14-26-21(24)17-6-5-7-18(15-17)22-20(23)13-10-16-8-11-19(12-9-16)25-4-2/h5-9,11-12,15H,3-4,10,13-14H2,1-2H3,(H,22,23). The molecule has 0 aliphatic carbocycles. The topological polar surface area (TPSA) is 64.6 Å². The first-order valence-electron chi connectivity index (χ1n) is 8.91. The molecule has 2 aromatic carbocycles. The number of esters is 1. The molecule has 0 radical (unpaired) electrons. The van der Waals surface area contributed by atoms with Gasteiger partial charge in [-0.25, -0.2) is 4.79 Å². The number of rotatable bonds is 9. The number of hydrogen-bond acceptors (Lipinski definition) is 4. The quantitative estimate of drug-likeness (QED) is 0.684. The summed E-state index contributed by atoms with van der Waals surface area (Å²) in [4.78, 5) is 24.0. The van der Waals surface area contributed by atoms with E-state index < -0.39 is 0 Å². The molecule has 5 nitrogen and oxygen atoms in total. The van der Waals surface area contributed by atoms with Gasteiger partial charge >= 0.3 is 5.97 Å². The minimum atomic E-state index is -0.377. The lowest BCUT2D eigenvalue weighted by Gasteiger charge is -2.08. The van der Waals surface area contributed by atoms with Gasteiger partial charge in [-0.15, -0.1) is 0 Å². The van der Waals surface area contributed by atoms with E-state index in [1.807, 2.05) is 38.1 Å². The number of aryl methyl sites for hydroxylation is 1. The average molecular weight is 355 g/mol. The molecule has 5 heteroatoms. The zero-order valence-corrected chi connectivity index (χ0v) is 15.3. The van der Waals surface area contributed by atoms with Crippen LogP contribution in [0.2, 0.25) is 0 Å². The van der Waals surface area contributed by atoms with Crippen LogP contribution in [0.1, 0.15) is 42.6 Å². The van der Waals surface area contributed by atoms with Crippen LogP contribution in [-0.2, 0) is 16.0 Å². The first kappa shape index (κ1) is 19.5. The maximum Gasteiger partial charge on any atom is 0.338 e. The van der Waals surface area contributed by atoms with Crippen molar-refractivity contribution in [2.75, 3.05) is 18.5 Å². The van der Waals surface area contributed by atoms with Crippen molar-refractivity contribution in [2.24, 2.45) is 0 Å². The lowest BCUT2D eigenvalue weighted by atomic mass is 10.1. The largest absolute Gasteiger partial charge is 0.494 e. The molecule has 138 valence electrons. The number of anilines is 1. The minimum Gasteiger partial charge on any atom is -0.494 e. The highest BCUT2D eigenvalue weighted by Gasteiger charge is 2.09. The Balaban J connectivity index is 1.86. The van der Waals surface area contributed by atoms with Gasteiger partial charge in [0.15, 0.2) is 0 Å². The molecule has 0 aromatic heterocycles. The lowest BCUT2D eigenvalue weighted by molar-refractivity contribution is -0.116. The van der Waals surface area contributed by atoms with Crippen molar-refractivity contribution in [2.45, 2.75) is 33.1 Å². The second-order valence-corrected chi connectivity index (χ2v) is 5.84. The van der Waals surface area contributed by atoms with Crippen molar-refractivity contribution in [1.29, 1.82) is 0 Å². The molecule has 0 aliphatic rings.